The monoisotopic (exact) mass is 571 g/mol. The summed E-state index contributed by atoms with van der Waals surface area (Å²) < 4.78 is 38.3. The standard InChI is InChI=1S/C27H26Cl2F2N8/c1-26(2,3)14-35-21-15(11-32)12-34-22-18(21)9-16(10-19(22)28)36-23(17-5-4-8-33-24(17)29)20-13-39(38-37-20)27(6-7-27)25(30)31/h4-5,8-10,12-13,23,25,36H,6-7,14H2,1-3H3,(H,34,35)/i23D. The number of nitrogens with one attached hydrogen (secondary N) is 2. The van der Waals surface area contributed by atoms with Gasteiger partial charge in [0.15, 0.2) is 0 Å². The number of pyridine rings is 2. The van der Waals surface area contributed by atoms with Gasteiger partial charge in [-0.1, -0.05) is 55.3 Å². The summed E-state index contributed by atoms with van der Waals surface area (Å²) in [6, 6.07) is 6.81. The number of nitriles is 1. The SMILES string of the molecule is [2H]C(Nc1cc(Cl)c2ncc(C#N)c(NCC(C)(C)C)c2c1)(c1cn(C2(C(F)F)CC2)nn1)c1cccnc1Cl. The maximum Gasteiger partial charge on any atom is 0.263 e. The molecule has 39 heavy (non-hydrogen) atoms. The van der Waals surface area contributed by atoms with E-state index in [2.05, 4.69) is 57.8 Å². The minimum Gasteiger partial charge on any atom is -0.383 e. The minimum atomic E-state index is -2.63. The van der Waals surface area contributed by atoms with Crippen molar-refractivity contribution in [1.82, 2.24) is 25.0 Å². The molecule has 0 radical (unpaired) electrons. The number of benzene rings is 1. The number of halogens is 4. The molecular weight excluding hydrogens is 545 g/mol. The van der Waals surface area contributed by atoms with E-state index in [1.54, 1.807) is 24.3 Å². The maximum absolute atomic E-state index is 13.8. The lowest BCUT2D eigenvalue weighted by Crippen LogP contribution is -2.26. The predicted octanol–water partition coefficient (Wildman–Crippen LogP) is 6.81. The third-order valence-electron chi connectivity index (χ3n) is 6.51. The van der Waals surface area contributed by atoms with Crippen LogP contribution in [-0.2, 0) is 5.54 Å². The number of hydrogen-bond donors (Lipinski definition) is 2. The summed E-state index contributed by atoms with van der Waals surface area (Å²) in [4.78, 5) is 8.49. The van der Waals surface area contributed by atoms with E-state index in [0.29, 0.717) is 34.4 Å². The second-order valence-corrected chi connectivity index (χ2v) is 11.5. The molecule has 3 aromatic heterocycles. The van der Waals surface area contributed by atoms with Crippen molar-refractivity contribution in [2.75, 3.05) is 17.2 Å². The average molecular weight is 572 g/mol. The minimum absolute atomic E-state index is 0.0300. The van der Waals surface area contributed by atoms with Gasteiger partial charge in [0.1, 0.15) is 28.5 Å². The van der Waals surface area contributed by atoms with Crippen molar-refractivity contribution in [3.63, 3.8) is 0 Å². The zero-order chi connectivity index (χ0) is 28.9. The van der Waals surface area contributed by atoms with E-state index in [1.165, 1.54) is 18.6 Å². The summed E-state index contributed by atoms with van der Waals surface area (Å²) in [5.74, 6) is 0. The molecule has 1 saturated carbocycles. The molecule has 5 rings (SSSR count). The summed E-state index contributed by atoms with van der Waals surface area (Å²) in [7, 11) is 0. The lowest BCUT2D eigenvalue weighted by molar-refractivity contribution is 0.0593. The van der Waals surface area contributed by atoms with E-state index in [1.807, 2.05) is 0 Å². The second kappa shape index (κ2) is 10.2. The average Bonchev–Trinajstić information content (AvgIpc) is 3.56. The first-order valence-electron chi connectivity index (χ1n) is 12.7. The lowest BCUT2D eigenvalue weighted by atomic mass is 9.96. The first-order chi connectivity index (χ1) is 18.9. The maximum atomic E-state index is 13.8. The van der Waals surface area contributed by atoms with E-state index in [-0.39, 0.29) is 39.7 Å². The topological polar surface area (TPSA) is 104 Å². The fraction of sp³-hybridized carbons (Fsp3) is 0.370. The van der Waals surface area contributed by atoms with E-state index >= 15 is 0 Å². The number of aromatic nitrogens is 5. The van der Waals surface area contributed by atoms with Gasteiger partial charge in [0.25, 0.3) is 6.43 Å². The molecule has 1 aliphatic rings. The van der Waals surface area contributed by atoms with Crippen LogP contribution in [0.3, 0.4) is 0 Å². The second-order valence-electron chi connectivity index (χ2n) is 10.7. The van der Waals surface area contributed by atoms with Gasteiger partial charge >= 0.3 is 0 Å². The van der Waals surface area contributed by atoms with Crippen LogP contribution in [0.5, 0.6) is 0 Å². The third-order valence-corrected chi connectivity index (χ3v) is 7.10. The van der Waals surface area contributed by atoms with E-state index in [9.17, 15) is 15.4 Å². The Morgan fingerprint density at radius 2 is 2.03 bits per heavy atom. The molecule has 4 aromatic rings. The molecular formula is C27H26Cl2F2N8. The van der Waals surface area contributed by atoms with Gasteiger partial charge in [-0.3, -0.25) is 4.98 Å². The van der Waals surface area contributed by atoms with Gasteiger partial charge in [-0.05, 0) is 36.5 Å². The van der Waals surface area contributed by atoms with Gasteiger partial charge in [0, 0.05) is 35.6 Å². The highest BCUT2D eigenvalue weighted by Crippen LogP contribution is 2.48. The van der Waals surface area contributed by atoms with Crippen molar-refractivity contribution in [2.24, 2.45) is 5.41 Å². The van der Waals surface area contributed by atoms with Gasteiger partial charge in [-0.15, -0.1) is 5.10 Å². The molecule has 0 spiro atoms. The molecule has 2 N–H and O–H groups in total. The van der Waals surface area contributed by atoms with E-state index in [4.69, 9.17) is 23.2 Å². The molecule has 0 saturated heterocycles. The zero-order valence-corrected chi connectivity index (χ0v) is 22.9. The van der Waals surface area contributed by atoms with E-state index < -0.39 is 18.0 Å². The van der Waals surface area contributed by atoms with Gasteiger partial charge in [0.05, 0.1) is 29.4 Å². The first kappa shape index (κ1) is 25.7. The normalized spacial score (nSPS) is 16.4. The highest BCUT2D eigenvalue weighted by molar-refractivity contribution is 6.36. The summed E-state index contributed by atoms with van der Waals surface area (Å²) in [5.41, 5.74) is 0.507. The molecule has 0 amide bonds. The van der Waals surface area contributed by atoms with Gasteiger partial charge in [-0.2, -0.15) is 5.26 Å². The molecule has 1 aliphatic carbocycles. The number of alkyl halides is 2. The molecule has 1 aromatic carbocycles. The van der Waals surface area contributed by atoms with Crippen molar-refractivity contribution in [2.45, 2.75) is 51.6 Å². The van der Waals surface area contributed by atoms with Crippen LogP contribution in [0.2, 0.25) is 10.2 Å². The Balaban J connectivity index is 1.64. The highest BCUT2D eigenvalue weighted by atomic mass is 35.5. The smallest absolute Gasteiger partial charge is 0.263 e. The summed E-state index contributed by atoms with van der Waals surface area (Å²) in [5, 5.41) is 25.2. The van der Waals surface area contributed by atoms with Crippen LogP contribution in [-0.4, -0.2) is 37.9 Å². The molecule has 0 bridgehead atoms. The molecule has 12 heteroatoms. The Hall–Kier alpha value is -3.55. The van der Waals surface area contributed by atoms with Gasteiger partial charge in [0.2, 0.25) is 0 Å². The lowest BCUT2D eigenvalue weighted by Gasteiger charge is -2.22. The highest BCUT2D eigenvalue weighted by Gasteiger charge is 2.54. The quantitative estimate of drug-likeness (QED) is 0.224. The third kappa shape index (κ3) is 5.34. The van der Waals surface area contributed by atoms with Crippen molar-refractivity contribution in [3.05, 3.63) is 69.9 Å². The molecule has 3 heterocycles. The summed E-state index contributed by atoms with van der Waals surface area (Å²) >= 11 is 13.1. The molecule has 8 nitrogen and oxygen atoms in total. The Labute approximate surface area is 235 Å². The Morgan fingerprint density at radius 3 is 2.67 bits per heavy atom. The van der Waals surface area contributed by atoms with Crippen molar-refractivity contribution >= 4 is 45.5 Å². The number of nitrogens with zero attached hydrogens (tertiary/aromatic N) is 6. The number of anilines is 2. The van der Waals surface area contributed by atoms with Gasteiger partial charge in [-0.25, -0.2) is 18.4 Å². The van der Waals surface area contributed by atoms with Crippen molar-refractivity contribution < 1.29 is 10.2 Å². The van der Waals surface area contributed by atoms with Crippen molar-refractivity contribution in [3.8, 4) is 6.07 Å². The first-order valence-corrected chi connectivity index (χ1v) is 13.0. The number of hydrogen-bond acceptors (Lipinski definition) is 7. The summed E-state index contributed by atoms with van der Waals surface area (Å²) in [6.07, 6.45) is 2.19. The van der Waals surface area contributed by atoms with Crippen LogP contribution < -0.4 is 10.6 Å². The largest absolute Gasteiger partial charge is 0.383 e. The van der Waals surface area contributed by atoms with Gasteiger partial charge < -0.3 is 10.6 Å². The molecule has 1 atom stereocenters. The summed E-state index contributed by atoms with van der Waals surface area (Å²) in [6.45, 7) is 6.76. The van der Waals surface area contributed by atoms with Crippen molar-refractivity contribution in [1.29, 1.82) is 5.26 Å². The van der Waals surface area contributed by atoms with Crippen LogP contribution in [0.25, 0.3) is 10.9 Å². The number of rotatable bonds is 8. The Morgan fingerprint density at radius 1 is 1.26 bits per heavy atom. The Bertz CT molecular complexity index is 1630. The fourth-order valence-corrected chi connectivity index (χ4v) is 4.70. The molecule has 1 fully saturated rings. The predicted molar refractivity (Wildman–Crippen MR) is 147 cm³/mol. The van der Waals surface area contributed by atoms with Crippen LogP contribution >= 0.6 is 23.2 Å². The Kier molecular flexibility index (Phi) is 6.73. The zero-order valence-electron chi connectivity index (χ0n) is 22.4. The van der Waals surface area contributed by atoms with Crippen LogP contribution in [0, 0.1) is 16.7 Å². The van der Waals surface area contributed by atoms with E-state index in [0.717, 1.165) is 4.68 Å². The number of fused-ring (bicyclic) bond motifs is 1. The molecule has 0 aliphatic heterocycles. The van der Waals surface area contributed by atoms with Crippen LogP contribution in [0.1, 0.15) is 57.8 Å². The molecule has 202 valence electrons. The van der Waals surface area contributed by atoms with Crippen LogP contribution in [0.15, 0.2) is 42.9 Å². The molecule has 1 unspecified atom stereocenters. The fourth-order valence-electron chi connectivity index (χ4n) is 4.22. The van der Waals surface area contributed by atoms with Crippen LogP contribution in [0.4, 0.5) is 20.2 Å².